The van der Waals surface area contributed by atoms with Crippen molar-refractivity contribution in [2.75, 3.05) is 0 Å². The molecule has 0 spiro atoms. The van der Waals surface area contributed by atoms with E-state index in [1.165, 1.54) is 24.3 Å². The maximum Gasteiger partial charge on any atom is 0.239 e. The SMILES string of the molecule is Cc1cc(F)ccc1-c1c(-c2ccc(F)cc2)nc(-c2ccccc2-c2ccccc2)c[n+]1C. The molecule has 0 N–H and O–H groups in total. The Morgan fingerprint density at radius 2 is 1.29 bits per heavy atom. The molecule has 166 valence electrons. The Bertz CT molecular complexity index is 1480. The van der Waals surface area contributed by atoms with Crippen LogP contribution in [0.15, 0.2) is 103 Å². The third kappa shape index (κ3) is 4.11. The molecule has 0 unspecified atom stereocenters. The van der Waals surface area contributed by atoms with E-state index >= 15 is 0 Å². The topological polar surface area (TPSA) is 16.8 Å². The summed E-state index contributed by atoms with van der Waals surface area (Å²) in [6, 6.07) is 29.4. The van der Waals surface area contributed by atoms with Gasteiger partial charge in [0.15, 0.2) is 6.20 Å². The second kappa shape index (κ2) is 8.99. The van der Waals surface area contributed by atoms with E-state index in [0.29, 0.717) is 5.69 Å². The van der Waals surface area contributed by atoms with Gasteiger partial charge in [0.2, 0.25) is 5.69 Å². The average molecular weight is 450 g/mol. The van der Waals surface area contributed by atoms with Crippen molar-refractivity contribution in [3.05, 3.63) is 120 Å². The summed E-state index contributed by atoms with van der Waals surface area (Å²) in [5.74, 6) is -0.591. The molecule has 0 aliphatic rings. The summed E-state index contributed by atoms with van der Waals surface area (Å²) >= 11 is 0. The van der Waals surface area contributed by atoms with Crippen LogP contribution in [-0.2, 0) is 7.05 Å². The van der Waals surface area contributed by atoms with Gasteiger partial charge in [-0.3, -0.25) is 0 Å². The van der Waals surface area contributed by atoms with E-state index in [2.05, 4.69) is 24.3 Å². The van der Waals surface area contributed by atoms with Crippen LogP contribution < -0.4 is 4.57 Å². The summed E-state index contributed by atoms with van der Waals surface area (Å²) in [6.45, 7) is 1.88. The van der Waals surface area contributed by atoms with Gasteiger partial charge in [-0.1, -0.05) is 54.6 Å². The highest BCUT2D eigenvalue weighted by molar-refractivity contribution is 5.84. The number of hydrogen-bond donors (Lipinski definition) is 0. The highest BCUT2D eigenvalue weighted by Crippen LogP contribution is 2.35. The quantitative estimate of drug-likeness (QED) is 0.266. The van der Waals surface area contributed by atoms with E-state index in [1.807, 2.05) is 55.1 Å². The van der Waals surface area contributed by atoms with Gasteiger partial charge in [0.25, 0.3) is 0 Å². The third-order valence-corrected chi connectivity index (χ3v) is 5.97. The normalized spacial score (nSPS) is 10.9. The summed E-state index contributed by atoms with van der Waals surface area (Å²) in [6.07, 6.45) is 1.99. The molecule has 4 heteroatoms. The first kappa shape index (κ1) is 21.7. The molecule has 0 saturated carbocycles. The van der Waals surface area contributed by atoms with Crippen molar-refractivity contribution in [1.82, 2.24) is 4.98 Å². The van der Waals surface area contributed by atoms with Gasteiger partial charge in [-0.25, -0.2) is 13.8 Å². The summed E-state index contributed by atoms with van der Waals surface area (Å²) in [4.78, 5) is 5.09. The van der Waals surface area contributed by atoms with Crippen LogP contribution in [0.4, 0.5) is 8.78 Å². The van der Waals surface area contributed by atoms with Gasteiger partial charge in [0.05, 0.1) is 5.56 Å². The van der Waals surface area contributed by atoms with Crippen LogP contribution in [0, 0.1) is 18.6 Å². The molecule has 0 bridgehead atoms. The Balaban J connectivity index is 1.78. The number of nitrogens with zero attached hydrogens (tertiary/aromatic N) is 2. The number of aromatic nitrogens is 2. The number of halogens is 2. The summed E-state index contributed by atoms with van der Waals surface area (Å²) in [5, 5.41) is 0. The lowest BCUT2D eigenvalue weighted by Gasteiger charge is -2.14. The van der Waals surface area contributed by atoms with Crippen molar-refractivity contribution in [3.63, 3.8) is 0 Å². The van der Waals surface area contributed by atoms with Crippen molar-refractivity contribution >= 4 is 0 Å². The van der Waals surface area contributed by atoms with Gasteiger partial charge in [-0.05, 0) is 66.1 Å². The predicted octanol–water partition coefficient (Wildman–Crippen LogP) is 7.16. The molecule has 0 atom stereocenters. The molecule has 0 amide bonds. The van der Waals surface area contributed by atoms with Crippen molar-refractivity contribution in [1.29, 1.82) is 0 Å². The molecular formula is C30H23F2N2+. The molecular weight excluding hydrogens is 426 g/mol. The Kier molecular flexibility index (Phi) is 5.72. The molecule has 34 heavy (non-hydrogen) atoms. The van der Waals surface area contributed by atoms with Crippen LogP contribution >= 0.6 is 0 Å². The van der Waals surface area contributed by atoms with Crippen LogP contribution in [0.1, 0.15) is 5.56 Å². The van der Waals surface area contributed by atoms with Crippen LogP contribution in [0.2, 0.25) is 0 Å². The van der Waals surface area contributed by atoms with E-state index < -0.39 is 0 Å². The fourth-order valence-corrected chi connectivity index (χ4v) is 4.34. The van der Waals surface area contributed by atoms with Gasteiger partial charge < -0.3 is 0 Å². The van der Waals surface area contributed by atoms with E-state index in [0.717, 1.165) is 44.8 Å². The summed E-state index contributed by atoms with van der Waals surface area (Å²) < 4.78 is 29.6. The minimum Gasteiger partial charge on any atom is -0.234 e. The smallest absolute Gasteiger partial charge is 0.234 e. The molecule has 0 aliphatic carbocycles. The summed E-state index contributed by atoms with van der Waals surface area (Å²) in [7, 11) is 1.96. The average Bonchev–Trinajstić information content (AvgIpc) is 2.85. The molecule has 5 aromatic rings. The molecule has 4 aromatic carbocycles. The highest BCUT2D eigenvalue weighted by Gasteiger charge is 2.24. The molecule has 2 nitrogen and oxygen atoms in total. The first-order chi connectivity index (χ1) is 16.5. The second-order valence-corrected chi connectivity index (χ2v) is 8.31. The maximum absolute atomic E-state index is 13.9. The minimum absolute atomic E-state index is 0.284. The maximum atomic E-state index is 13.9. The first-order valence-corrected chi connectivity index (χ1v) is 11.1. The van der Waals surface area contributed by atoms with Gasteiger partial charge in [-0.2, -0.15) is 4.57 Å². The standard InChI is InChI=1S/C30H23F2N2/c1-20-18-24(32)16-17-25(20)30-29(22-12-14-23(31)15-13-22)33-28(19-34(30)2)27-11-7-6-10-26(27)21-8-4-3-5-9-21/h3-19H,1-2H3/q+1. The first-order valence-electron chi connectivity index (χ1n) is 11.1. The number of aryl methyl sites for hydroxylation is 2. The molecule has 1 heterocycles. The lowest BCUT2D eigenvalue weighted by atomic mass is 9.96. The Labute approximate surface area is 197 Å². The Morgan fingerprint density at radius 1 is 0.647 bits per heavy atom. The fraction of sp³-hybridized carbons (Fsp3) is 0.0667. The van der Waals surface area contributed by atoms with Gasteiger partial charge in [0.1, 0.15) is 30.1 Å². The largest absolute Gasteiger partial charge is 0.239 e. The fourth-order valence-electron chi connectivity index (χ4n) is 4.34. The van der Waals surface area contributed by atoms with Gasteiger partial charge >= 0.3 is 0 Å². The van der Waals surface area contributed by atoms with Crippen LogP contribution in [0.25, 0.3) is 44.9 Å². The van der Waals surface area contributed by atoms with Crippen molar-refractivity contribution in [2.24, 2.45) is 7.05 Å². The van der Waals surface area contributed by atoms with Gasteiger partial charge in [-0.15, -0.1) is 0 Å². The zero-order valence-electron chi connectivity index (χ0n) is 19.0. The molecule has 1 aromatic heterocycles. The number of benzene rings is 4. The van der Waals surface area contributed by atoms with Crippen molar-refractivity contribution < 1.29 is 13.3 Å². The summed E-state index contributed by atoms with van der Waals surface area (Å²) in [5.41, 5.74) is 7.98. The van der Waals surface area contributed by atoms with E-state index in [-0.39, 0.29) is 11.6 Å². The lowest BCUT2D eigenvalue weighted by molar-refractivity contribution is -0.659. The Morgan fingerprint density at radius 3 is 2.00 bits per heavy atom. The minimum atomic E-state index is -0.307. The van der Waals surface area contributed by atoms with Crippen LogP contribution in [0.5, 0.6) is 0 Å². The van der Waals surface area contributed by atoms with Gasteiger partial charge in [0, 0.05) is 11.1 Å². The third-order valence-electron chi connectivity index (χ3n) is 5.97. The molecule has 5 rings (SSSR count). The van der Waals surface area contributed by atoms with Crippen molar-refractivity contribution in [2.45, 2.75) is 6.92 Å². The molecule has 0 saturated heterocycles. The molecule has 0 aliphatic heterocycles. The lowest BCUT2D eigenvalue weighted by Crippen LogP contribution is -2.32. The monoisotopic (exact) mass is 449 g/mol. The van der Waals surface area contributed by atoms with E-state index in [4.69, 9.17) is 4.98 Å². The zero-order chi connectivity index (χ0) is 23.7. The second-order valence-electron chi connectivity index (χ2n) is 8.31. The van der Waals surface area contributed by atoms with Crippen LogP contribution in [0.3, 0.4) is 0 Å². The molecule has 0 fully saturated rings. The van der Waals surface area contributed by atoms with E-state index in [1.54, 1.807) is 18.2 Å². The zero-order valence-corrected chi connectivity index (χ0v) is 19.0. The Hall–Kier alpha value is -4.18. The molecule has 0 radical (unpaired) electrons. The number of hydrogen-bond acceptors (Lipinski definition) is 1. The number of rotatable bonds is 4. The predicted molar refractivity (Wildman–Crippen MR) is 132 cm³/mol. The highest BCUT2D eigenvalue weighted by atomic mass is 19.1. The van der Waals surface area contributed by atoms with Crippen molar-refractivity contribution in [3.8, 4) is 44.9 Å². The van der Waals surface area contributed by atoms with E-state index in [9.17, 15) is 8.78 Å². The van der Waals surface area contributed by atoms with Crippen LogP contribution in [-0.4, -0.2) is 4.98 Å².